The zero-order chi connectivity index (χ0) is 12.3. The molecule has 0 spiro atoms. The SMILES string of the molecule is CC1CN(CC2(CO)CCCCC2)CCN1C. The van der Waals surface area contributed by atoms with E-state index in [0.29, 0.717) is 12.6 Å². The Morgan fingerprint density at radius 3 is 2.47 bits per heavy atom. The number of aliphatic hydroxyl groups is 1. The molecule has 17 heavy (non-hydrogen) atoms. The van der Waals surface area contributed by atoms with Crippen LogP contribution in [0.1, 0.15) is 39.0 Å². The van der Waals surface area contributed by atoms with Gasteiger partial charge in [-0.25, -0.2) is 0 Å². The van der Waals surface area contributed by atoms with Crippen molar-refractivity contribution in [2.24, 2.45) is 5.41 Å². The molecule has 3 nitrogen and oxygen atoms in total. The zero-order valence-corrected chi connectivity index (χ0v) is 11.5. The molecule has 1 heterocycles. The number of aliphatic hydroxyl groups excluding tert-OH is 1. The van der Waals surface area contributed by atoms with Gasteiger partial charge in [-0.3, -0.25) is 4.90 Å². The Bertz CT molecular complexity index is 238. The second-order valence-corrected chi connectivity index (χ2v) is 6.28. The van der Waals surface area contributed by atoms with E-state index in [9.17, 15) is 5.11 Å². The summed E-state index contributed by atoms with van der Waals surface area (Å²) in [7, 11) is 2.21. The Morgan fingerprint density at radius 2 is 1.88 bits per heavy atom. The maximum atomic E-state index is 9.75. The van der Waals surface area contributed by atoms with Crippen molar-refractivity contribution in [3.8, 4) is 0 Å². The largest absolute Gasteiger partial charge is 0.396 e. The van der Waals surface area contributed by atoms with Crippen LogP contribution in [0.15, 0.2) is 0 Å². The molecule has 0 aromatic heterocycles. The van der Waals surface area contributed by atoms with Gasteiger partial charge in [0.1, 0.15) is 0 Å². The van der Waals surface area contributed by atoms with Crippen LogP contribution >= 0.6 is 0 Å². The number of rotatable bonds is 3. The van der Waals surface area contributed by atoms with E-state index in [0.717, 1.165) is 13.1 Å². The number of piperazine rings is 1. The van der Waals surface area contributed by atoms with Crippen LogP contribution in [-0.4, -0.2) is 60.8 Å². The molecule has 100 valence electrons. The van der Waals surface area contributed by atoms with Crippen LogP contribution in [0.25, 0.3) is 0 Å². The van der Waals surface area contributed by atoms with Gasteiger partial charge in [-0.15, -0.1) is 0 Å². The summed E-state index contributed by atoms with van der Waals surface area (Å²) in [6.45, 7) is 7.30. The molecule has 2 fully saturated rings. The molecule has 1 N–H and O–H groups in total. The van der Waals surface area contributed by atoms with Crippen LogP contribution in [0.5, 0.6) is 0 Å². The van der Waals surface area contributed by atoms with Crippen LogP contribution in [0.4, 0.5) is 0 Å². The van der Waals surface area contributed by atoms with Gasteiger partial charge in [-0.05, 0) is 26.8 Å². The molecule has 1 unspecified atom stereocenters. The summed E-state index contributed by atoms with van der Waals surface area (Å²) in [5.41, 5.74) is 0.216. The molecule has 2 rings (SSSR count). The van der Waals surface area contributed by atoms with E-state index < -0.39 is 0 Å². The average Bonchev–Trinajstić information content (AvgIpc) is 2.35. The van der Waals surface area contributed by atoms with Gasteiger partial charge in [0.2, 0.25) is 0 Å². The van der Waals surface area contributed by atoms with E-state index in [1.54, 1.807) is 0 Å². The highest BCUT2D eigenvalue weighted by Gasteiger charge is 2.34. The van der Waals surface area contributed by atoms with Crippen molar-refractivity contribution in [2.45, 2.75) is 45.1 Å². The molecule has 0 bridgehead atoms. The Morgan fingerprint density at radius 1 is 1.18 bits per heavy atom. The van der Waals surface area contributed by atoms with Gasteiger partial charge in [-0.2, -0.15) is 0 Å². The summed E-state index contributed by atoms with van der Waals surface area (Å²) in [5.74, 6) is 0. The van der Waals surface area contributed by atoms with Crippen molar-refractivity contribution < 1.29 is 5.11 Å². The first kappa shape index (κ1) is 13.3. The fourth-order valence-electron chi connectivity index (χ4n) is 3.41. The molecule has 0 aromatic rings. The summed E-state index contributed by atoms with van der Waals surface area (Å²) >= 11 is 0. The van der Waals surface area contributed by atoms with Gasteiger partial charge in [0.05, 0.1) is 0 Å². The summed E-state index contributed by atoms with van der Waals surface area (Å²) in [5, 5.41) is 9.75. The predicted molar refractivity (Wildman–Crippen MR) is 71.1 cm³/mol. The third-order valence-electron chi connectivity index (χ3n) is 4.85. The average molecular weight is 240 g/mol. The lowest BCUT2D eigenvalue weighted by Gasteiger charge is -2.44. The topological polar surface area (TPSA) is 26.7 Å². The van der Waals surface area contributed by atoms with E-state index in [1.807, 2.05) is 0 Å². The molecule has 0 amide bonds. The lowest BCUT2D eigenvalue weighted by Crippen LogP contribution is -2.53. The van der Waals surface area contributed by atoms with E-state index in [4.69, 9.17) is 0 Å². The second kappa shape index (κ2) is 5.68. The van der Waals surface area contributed by atoms with Crippen LogP contribution in [-0.2, 0) is 0 Å². The molecule has 1 saturated carbocycles. The number of likely N-dealkylation sites (N-methyl/N-ethyl adjacent to an activating group) is 1. The number of nitrogens with zero attached hydrogens (tertiary/aromatic N) is 2. The van der Waals surface area contributed by atoms with Gasteiger partial charge in [0.15, 0.2) is 0 Å². The lowest BCUT2D eigenvalue weighted by atomic mass is 9.74. The van der Waals surface area contributed by atoms with Gasteiger partial charge in [0, 0.05) is 44.2 Å². The minimum absolute atomic E-state index is 0.216. The Kier molecular flexibility index (Phi) is 4.45. The molecule has 1 saturated heterocycles. The molecule has 0 aromatic carbocycles. The van der Waals surface area contributed by atoms with Crippen molar-refractivity contribution in [1.82, 2.24) is 9.80 Å². The number of hydrogen-bond donors (Lipinski definition) is 1. The van der Waals surface area contributed by atoms with Crippen LogP contribution in [0.2, 0.25) is 0 Å². The quantitative estimate of drug-likeness (QED) is 0.811. The molecule has 0 radical (unpaired) electrons. The summed E-state index contributed by atoms with van der Waals surface area (Å²) in [6, 6.07) is 0.656. The first-order valence-corrected chi connectivity index (χ1v) is 7.19. The third kappa shape index (κ3) is 3.21. The normalized spacial score (nSPS) is 31.6. The van der Waals surface area contributed by atoms with E-state index in [1.165, 1.54) is 45.2 Å². The van der Waals surface area contributed by atoms with Gasteiger partial charge in [-0.1, -0.05) is 19.3 Å². The van der Waals surface area contributed by atoms with Crippen molar-refractivity contribution in [1.29, 1.82) is 0 Å². The maximum absolute atomic E-state index is 9.75. The first-order chi connectivity index (χ1) is 8.15. The van der Waals surface area contributed by atoms with Crippen molar-refractivity contribution in [3.63, 3.8) is 0 Å². The summed E-state index contributed by atoms with van der Waals surface area (Å²) < 4.78 is 0. The first-order valence-electron chi connectivity index (χ1n) is 7.19. The highest BCUT2D eigenvalue weighted by Crippen LogP contribution is 2.36. The maximum Gasteiger partial charge on any atom is 0.0499 e. The minimum Gasteiger partial charge on any atom is -0.396 e. The molecule has 2 aliphatic rings. The standard InChI is InChI=1S/C14H28N2O/c1-13-10-16(9-8-15(13)2)11-14(12-17)6-4-3-5-7-14/h13,17H,3-12H2,1-2H3. The molecular formula is C14H28N2O. The Hall–Kier alpha value is -0.120. The van der Waals surface area contributed by atoms with Crippen LogP contribution in [0, 0.1) is 5.41 Å². The highest BCUT2D eigenvalue weighted by molar-refractivity contribution is 4.88. The highest BCUT2D eigenvalue weighted by atomic mass is 16.3. The monoisotopic (exact) mass is 240 g/mol. The molecule has 1 aliphatic carbocycles. The van der Waals surface area contributed by atoms with E-state index >= 15 is 0 Å². The van der Waals surface area contributed by atoms with Crippen molar-refractivity contribution in [2.75, 3.05) is 39.8 Å². The van der Waals surface area contributed by atoms with Crippen molar-refractivity contribution in [3.05, 3.63) is 0 Å². The zero-order valence-electron chi connectivity index (χ0n) is 11.5. The van der Waals surface area contributed by atoms with Crippen molar-refractivity contribution >= 4 is 0 Å². The summed E-state index contributed by atoms with van der Waals surface area (Å²) in [4.78, 5) is 5.01. The lowest BCUT2D eigenvalue weighted by molar-refractivity contribution is 0.0129. The van der Waals surface area contributed by atoms with E-state index in [2.05, 4.69) is 23.8 Å². The minimum atomic E-state index is 0.216. The molecular weight excluding hydrogens is 212 g/mol. The number of hydrogen-bond acceptors (Lipinski definition) is 3. The molecule has 1 aliphatic heterocycles. The fraction of sp³-hybridized carbons (Fsp3) is 1.00. The molecule has 3 heteroatoms. The molecule has 1 atom stereocenters. The smallest absolute Gasteiger partial charge is 0.0499 e. The van der Waals surface area contributed by atoms with Crippen LogP contribution < -0.4 is 0 Å². The van der Waals surface area contributed by atoms with Crippen LogP contribution in [0.3, 0.4) is 0 Å². The van der Waals surface area contributed by atoms with E-state index in [-0.39, 0.29) is 5.41 Å². The van der Waals surface area contributed by atoms with Gasteiger partial charge >= 0.3 is 0 Å². The van der Waals surface area contributed by atoms with Gasteiger partial charge < -0.3 is 10.0 Å². The Balaban J connectivity index is 1.90. The second-order valence-electron chi connectivity index (χ2n) is 6.28. The summed E-state index contributed by atoms with van der Waals surface area (Å²) in [6.07, 6.45) is 6.43. The fourth-order valence-corrected chi connectivity index (χ4v) is 3.41. The predicted octanol–water partition coefficient (Wildman–Crippen LogP) is 1.57. The third-order valence-corrected chi connectivity index (χ3v) is 4.85. The Labute approximate surface area is 106 Å². The van der Waals surface area contributed by atoms with Gasteiger partial charge in [0.25, 0.3) is 0 Å².